The van der Waals surface area contributed by atoms with Crippen molar-refractivity contribution in [2.45, 2.75) is 71.9 Å². The van der Waals surface area contributed by atoms with Crippen molar-refractivity contribution in [1.29, 1.82) is 0 Å². The summed E-state index contributed by atoms with van der Waals surface area (Å²) in [5, 5.41) is 3.00. The summed E-state index contributed by atoms with van der Waals surface area (Å²) in [5.74, 6) is -1.29. The molecule has 0 unspecified atom stereocenters. The van der Waals surface area contributed by atoms with Gasteiger partial charge in [-0.05, 0) is 57.2 Å². The van der Waals surface area contributed by atoms with E-state index in [9.17, 15) is 14.4 Å². The van der Waals surface area contributed by atoms with E-state index in [4.69, 9.17) is 9.47 Å². The van der Waals surface area contributed by atoms with Crippen molar-refractivity contribution in [3.05, 3.63) is 60.2 Å². The quantitative estimate of drug-likeness (QED) is 0.466. The van der Waals surface area contributed by atoms with Crippen molar-refractivity contribution in [2.24, 2.45) is 5.92 Å². The number of carbonyl (C=O) groups excluding carboxylic acids is 3. The molecule has 6 heteroatoms. The fourth-order valence-electron chi connectivity index (χ4n) is 3.66. The Morgan fingerprint density at radius 1 is 0.912 bits per heavy atom. The lowest BCUT2D eigenvalue weighted by Crippen LogP contribution is -2.39. The predicted octanol–water partition coefficient (Wildman–Crippen LogP) is 5.09. The van der Waals surface area contributed by atoms with Crippen LogP contribution in [-0.2, 0) is 30.3 Å². The number of ether oxygens (including phenoxy) is 2. The standard InChI is InChI=1S/C28H37NO5/c1-6-33-27(32)20(2)18-24(29-25(30)16-17-26(31)34-28(3,4)5)19-21-12-14-23(15-13-21)22-10-8-7-9-11-22/h7-15,20,24H,6,16-19H2,1-5H3,(H,29,30)/t20-,24-/m0/s1. The summed E-state index contributed by atoms with van der Waals surface area (Å²) in [4.78, 5) is 36.7. The Bertz CT molecular complexity index is 932. The third kappa shape index (κ3) is 9.77. The molecule has 0 saturated heterocycles. The van der Waals surface area contributed by atoms with Gasteiger partial charge in [0.05, 0.1) is 18.9 Å². The average molecular weight is 468 g/mol. The highest BCUT2D eigenvalue weighted by molar-refractivity contribution is 5.81. The van der Waals surface area contributed by atoms with Gasteiger partial charge in [-0.25, -0.2) is 0 Å². The van der Waals surface area contributed by atoms with Crippen molar-refractivity contribution in [3.63, 3.8) is 0 Å². The van der Waals surface area contributed by atoms with Crippen LogP contribution in [0.5, 0.6) is 0 Å². The highest BCUT2D eigenvalue weighted by Gasteiger charge is 2.23. The molecule has 0 aromatic heterocycles. The van der Waals surface area contributed by atoms with Gasteiger partial charge in [-0.15, -0.1) is 0 Å². The van der Waals surface area contributed by atoms with E-state index in [1.807, 2.05) is 30.3 Å². The van der Waals surface area contributed by atoms with Crippen molar-refractivity contribution >= 4 is 17.8 Å². The van der Waals surface area contributed by atoms with E-state index in [0.717, 1.165) is 16.7 Å². The smallest absolute Gasteiger partial charge is 0.308 e. The largest absolute Gasteiger partial charge is 0.466 e. The number of amides is 1. The number of benzene rings is 2. The van der Waals surface area contributed by atoms with Gasteiger partial charge in [0.2, 0.25) is 5.91 Å². The fraction of sp³-hybridized carbons (Fsp3) is 0.464. The van der Waals surface area contributed by atoms with E-state index in [0.29, 0.717) is 19.4 Å². The minimum Gasteiger partial charge on any atom is -0.466 e. The Labute approximate surface area is 203 Å². The molecule has 2 aromatic rings. The molecule has 0 spiro atoms. The first-order valence-corrected chi connectivity index (χ1v) is 11.9. The number of hydrogen-bond donors (Lipinski definition) is 1. The molecular formula is C28H37NO5. The molecule has 1 N–H and O–H groups in total. The van der Waals surface area contributed by atoms with E-state index < -0.39 is 11.6 Å². The van der Waals surface area contributed by atoms with Crippen molar-refractivity contribution in [2.75, 3.05) is 6.61 Å². The van der Waals surface area contributed by atoms with Crippen LogP contribution < -0.4 is 5.32 Å². The Morgan fingerprint density at radius 3 is 2.12 bits per heavy atom. The highest BCUT2D eigenvalue weighted by atomic mass is 16.6. The molecule has 2 atom stereocenters. The van der Waals surface area contributed by atoms with Gasteiger partial charge in [0.15, 0.2) is 0 Å². The SMILES string of the molecule is CCOC(=O)[C@@H](C)C[C@@H](Cc1ccc(-c2ccccc2)cc1)NC(=O)CCC(=O)OC(C)(C)C. The summed E-state index contributed by atoms with van der Waals surface area (Å²) in [5.41, 5.74) is 2.71. The zero-order chi connectivity index (χ0) is 25.1. The molecule has 0 fully saturated rings. The van der Waals surface area contributed by atoms with Gasteiger partial charge in [0, 0.05) is 12.5 Å². The monoisotopic (exact) mass is 467 g/mol. The van der Waals surface area contributed by atoms with Crippen LogP contribution in [0.25, 0.3) is 11.1 Å². The maximum Gasteiger partial charge on any atom is 0.308 e. The number of nitrogens with one attached hydrogen (secondary N) is 1. The molecule has 0 aliphatic heterocycles. The van der Waals surface area contributed by atoms with Crippen LogP contribution in [-0.4, -0.2) is 36.1 Å². The average Bonchev–Trinajstić information content (AvgIpc) is 2.78. The maximum absolute atomic E-state index is 12.6. The molecule has 0 aliphatic rings. The lowest BCUT2D eigenvalue weighted by molar-refractivity contribution is -0.155. The van der Waals surface area contributed by atoms with Crippen molar-refractivity contribution < 1.29 is 23.9 Å². The number of hydrogen-bond acceptors (Lipinski definition) is 5. The Balaban J connectivity index is 2.04. The molecule has 2 rings (SSSR count). The molecule has 184 valence electrons. The van der Waals surface area contributed by atoms with Gasteiger partial charge in [-0.3, -0.25) is 14.4 Å². The van der Waals surface area contributed by atoms with Gasteiger partial charge in [-0.2, -0.15) is 0 Å². The van der Waals surface area contributed by atoms with Gasteiger partial charge < -0.3 is 14.8 Å². The van der Waals surface area contributed by atoms with E-state index >= 15 is 0 Å². The van der Waals surface area contributed by atoms with Crippen LogP contribution in [0.2, 0.25) is 0 Å². The molecule has 0 heterocycles. The second-order valence-corrected chi connectivity index (χ2v) is 9.51. The first-order chi connectivity index (χ1) is 16.1. The van der Waals surface area contributed by atoms with Crippen LogP contribution in [0.1, 0.15) is 59.4 Å². The predicted molar refractivity (Wildman–Crippen MR) is 133 cm³/mol. The molecular weight excluding hydrogens is 430 g/mol. The lowest BCUT2D eigenvalue weighted by Gasteiger charge is -2.22. The molecule has 34 heavy (non-hydrogen) atoms. The van der Waals surface area contributed by atoms with Gasteiger partial charge >= 0.3 is 11.9 Å². The van der Waals surface area contributed by atoms with E-state index in [-0.39, 0.29) is 36.7 Å². The minimum absolute atomic E-state index is 0.00895. The molecule has 0 radical (unpaired) electrons. The maximum atomic E-state index is 12.6. The summed E-state index contributed by atoms with van der Waals surface area (Å²) in [6, 6.07) is 18.0. The van der Waals surface area contributed by atoms with Crippen LogP contribution in [0.3, 0.4) is 0 Å². The van der Waals surface area contributed by atoms with Crippen LogP contribution >= 0.6 is 0 Å². The van der Waals surface area contributed by atoms with Crippen LogP contribution in [0, 0.1) is 5.92 Å². The zero-order valence-corrected chi connectivity index (χ0v) is 20.9. The summed E-state index contributed by atoms with van der Waals surface area (Å²) in [6.07, 6.45) is 1.05. The molecule has 1 amide bonds. The lowest BCUT2D eigenvalue weighted by atomic mass is 9.94. The van der Waals surface area contributed by atoms with Crippen molar-refractivity contribution in [1.82, 2.24) is 5.32 Å². The molecule has 6 nitrogen and oxygen atoms in total. The van der Waals surface area contributed by atoms with Crippen molar-refractivity contribution in [3.8, 4) is 11.1 Å². The van der Waals surface area contributed by atoms with Crippen LogP contribution in [0.15, 0.2) is 54.6 Å². The van der Waals surface area contributed by atoms with E-state index in [2.05, 4.69) is 29.6 Å². The summed E-state index contributed by atoms with van der Waals surface area (Å²) >= 11 is 0. The minimum atomic E-state index is -0.586. The molecule has 0 bridgehead atoms. The van der Waals surface area contributed by atoms with Gasteiger partial charge in [0.1, 0.15) is 5.60 Å². The highest BCUT2D eigenvalue weighted by Crippen LogP contribution is 2.21. The normalized spacial score (nSPS) is 13.0. The first-order valence-electron chi connectivity index (χ1n) is 11.9. The Morgan fingerprint density at radius 2 is 1.53 bits per heavy atom. The molecule has 2 aromatic carbocycles. The number of rotatable bonds is 11. The third-order valence-electron chi connectivity index (χ3n) is 5.21. The molecule has 0 saturated carbocycles. The number of esters is 2. The second kappa shape index (κ2) is 12.9. The fourth-order valence-corrected chi connectivity index (χ4v) is 3.66. The second-order valence-electron chi connectivity index (χ2n) is 9.51. The van der Waals surface area contributed by atoms with E-state index in [1.165, 1.54) is 0 Å². The number of carbonyl (C=O) groups is 3. The van der Waals surface area contributed by atoms with E-state index in [1.54, 1.807) is 34.6 Å². The Kier molecular flexibility index (Phi) is 10.3. The third-order valence-corrected chi connectivity index (χ3v) is 5.21. The Hall–Kier alpha value is -3.15. The molecule has 0 aliphatic carbocycles. The van der Waals surface area contributed by atoms with Gasteiger partial charge in [-0.1, -0.05) is 61.5 Å². The topological polar surface area (TPSA) is 81.7 Å². The zero-order valence-electron chi connectivity index (χ0n) is 20.9. The summed E-state index contributed by atoms with van der Waals surface area (Å²) in [6.45, 7) is 9.27. The summed E-state index contributed by atoms with van der Waals surface area (Å²) < 4.78 is 10.4. The summed E-state index contributed by atoms with van der Waals surface area (Å²) in [7, 11) is 0. The van der Waals surface area contributed by atoms with Crippen LogP contribution in [0.4, 0.5) is 0 Å². The van der Waals surface area contributed by atoms with Gasteiger partial charge in [0.25, 0.3) is 0 Å². The first kappa shape index (κ1) is 27.1.